The first-order valence-corrected chi connectivity index (χ1v) is 8.23. The highest BCUT2D eigenvalue weighted by Crippen LogP contribution is 2.32. The molecule has 2 unspecified atom stereocenters. The van der Waals surface area contributed by atoms with Crippen LogP contribution in [0, 0.1) is 5.92 Å². The van der Waals surface area contributed by atoms with E-state index in [0.717, 1.165) is 12.1 Å². The van der Waals surface area contributed by atoms with Gasteiger partial charge in [0.05, 0.1) is 11.6 Å². The standard InChI is InChI=1S/C18H25F3N2O3/c1-11(9-15(22)24)8-14(23-16(25)26-17(2,3)4)12-6-5-7-13(10-12)18(19,20)21/h5-7,10-11,14H,8-9H2,1-4H3,(H2,22,24)(H,23,25). The van der Waals surface area contributed by atoms with E-state index in [2.05, 4.69) is 5.32 Å². The third kappa shape index (κ3) is 7.76. The molecule has 0 fully saturated rings. The Kier molecular flexibility index (Phi) is 7.06. The van der Waals surface area contributed by atoms with Crippen molar-refractivity contribution in [3.05, 3.63) is 35.4 Å². The SMILES string of the molecule is CC(CC(N)=O)CC(NC(=O)OC(C)(C)C)c1cccc(C(F)(F)F)c1. The van der Waals surface area contributed by atoms with Gasteiger partial charge >= 0.3 is 12.3 Å². The minimum absolute atomic E-state index is 0.0610. The fourth-order valence-electron chi connectivity index (χ4n) is 2.49. The molecule has 3 N–H and O–H groups in total. The molecule has 1 aromatic rings. The number of carbonyl (C=O) groups is 2. The van der Waals surface area contributed by atoms with Crippen LogP contribution in [0.2, 0.25) is 0 Å². The van der Waals surface area contributed by atoms with Crippen molar-refractivity contribution in [3.63, 3.8) is 0 Å². The molecular weight excluding hydrogens is 349 g/mol. The number of hydrogen-bond donors (Lipinski definition) is 2. The molecule has 0 spiro atoms. The Bertz CT molecular complexity index is 639. The van der Waals surface area contributed by atoms with E-state index >= 15 is 0 Å². The van der Waals surface area contributed by atoms with Crippen molar-refractivity contribution in [2.24, 2.45) is 11.7 Å². The van der Waals surface area contributed by atoms with Gasteiger partial charge in [-0.15, -0.1) is 0 Å². The highest BCUT2D eigenvalue weighted by atomic mass is 19.4. The van der Waals surface area contributed by atoms with Crippen LogP contribution in [0.1, 0.15) is 57.7 Å². The molecule has 0 saturated carbocycles. The van der Waals surface area contributed by atoms with Gasteiger partial charge in [0.2, 0.25) is 5.91 Å². The lowest BCUT2D eigenvalue weighted by Gasteiger charge is -2.26. The van der Waals surface area contributed by atoms with Gasteiger partial charge in [-0.3, -0.25) is 4.79 Å². The number of rotatable bonds is 6. The number of nitrogens with one attached hydrogen (secondary N) is 1. The summed E-state index contributed by atoms with van der Waals surface area (Å²) in [7, 11) is 0. The molecule has 0 bridgehead atoms. The third-order valence-electron chi connectivity index (χ3n) is 3.50. The number of alkyl halides is 3. The van der Waals surface area contributed by atoms with E-state index in [9.17, 15) is 22.8 Å². The van der Waals surface area contributed by atoms with Crippen molar-refractivity contribution in [3.8, 4) is 0 Å². The Hall–Kier alpha value is -2.25. The van der Waals surface area contributed by atoms with E-state index in [1.54, 1.807) is 27.7 Å². The molecule has 0 aliphatic rings. The second kappa shape index (κ2) is 8.42. The summed E-state index contributed by atoms with van der Waals surface area (Å²) >= 11 is 0. The molecule has 1 rings (SSSR count). The smallest absolute Gasteiger partial charge is 0.416 e. The molecule has 2 atom stereocenters. The number of hydrogen-bond acceptors (Lipinski definition) is 3. The molecule has 5 nitrogen and oxygen atoms in total. The Morgan fingerprint density at radius 3 is 2.35 bits per heavy atom. The summed E-state index contributed by atoms with van der Waals surface area (Å²) in [5.74, 6) is -0.750. The Morgan fingerprint density at radius 1 is 1.23 bits per heavy atom. The van der Waals surface area contributed by atoms with Crippen molar-refractivity contribution >= 4 is 12.0 Å². The van der Waals surface area contributed by atoms with Gasteiger partial charge in [0.25, 0.3) is 0 Å². The molecule has 0 aromatic heterocycles. The number of alkyl carbamates (subject to hydrolysis) is 1. The zero-order chi connectivity index (χ0) is 20.1. The van der Waals surface area contributed by atoms with Gasteiger partial charge in [0, 0.05) is 6.42 Å². The van der Waals surface area contributed by atoms with Gasteiger partial charge in [0.1, 0.15) is 5.60 Å². The Labute approximate surface area is 151 Å². The molecule has 0 saturated heterocycles. The van der Waals surface area contributed by atoms with Crippen molar-refractivity contribution in [2.45, 2.75) is 58.4 Å². The van der Waals surface area contributed by atoms with E-state index in [-0.39, 0.29) is 24.3 Å². The first-order valence-electron chi connectivity index (χ1n) is 8.23. The van der Waals surface area contributed by atoms with Crippen LogP contribution in [0.15, 0.2) is 24.3 Å². The fraction of sp³-hybridized carbons (Fsp3) is 0.556. The zero-order valence-corrected chi connectivity index (χ0v) is 15.3. The van der Waals surface area contributed by atoms with Gasteiger partial charge in [-0.2, -0.15) is 13.2 Å². The number of halogens is 3. The van der Waals surface area contributed by atoms with Gasteiger partial charge < -0.3 is 15.8 Å². The average Bonchev–Trinajstić information content (AvgIpc) is 2.43. The lowest BCUT2D eigenvalue weighted by molar-refractivity contribution is -0.137. The first-order chi connectivity index (χ1) is 11.8. The molecule has 2 amide bonds. The monoisotopic (exact) mass is 374 g/mol. The van der Waals surface area contributed by atoms with E-state index in [4.69, 9.17) is 10.5 Å². The summed E-state index contributed by atoms with van der Waals surface area (Å²) in [6.45, 7) is 6.78. The van der Waals surface area contributed by atoms with Crippen LogP contribution in [0.25, 0.3) is 0 Å². The highest BCUT2D eigenvalue weighted by Gasteiger charge is 2.31. The number of carbonyl (C=O) groups excluding carboxylic acids is 2. The fourth-order valence-corrected chi connectivity index (χ4v) is 2.49. The van der Waals surface area contributed by atoms with E-state index in [1.807, 2.05) is 0 Å². The second-order valence-electron chi connectivity index (χ2n) is 7.33. The molecule has 0 heterocycles. The van der Waals surface area contributed by atoms with Crippen LogP contribution in [-0.4, -0.2) is 17.6 Å². The Morgan fingerprint density at radius 2 is 1.85 bits per heavy atom. The third-order valence-corrected chi connectivity index (χ3v) is 3.50. The molecule has 0 aliphatic carbocycles. The van der Waals surface area contributed by atoms with Crippen molar-refractivity contribution < 1.29 is 27.5 Å². The summed E-state index contributed by atoms with van der Waals surface area (Å²) in [5, 5.41) is 2.59. The van der Waals surface area contributed by atoms with Crippen LogP contribution in [0.3, 0.4) is 0 Å². The number of primary amides is 1. The largest absolute Gasteiger partial charge is 0.444 e. The van der Waals surface area contributed by atoms with Crippen molar-refractivity contribution in [1.82, 2.24) is 5.32 Å². The van der Waals surface area contributed by atoms with Crippen LogP contribution < -0.4 is 11.1 Å². The number of amides is 2. The molecule has 0 radical (unpaired) electrons. The molecule has 0 aliphatic heterocycles. The number of ether oxygens (including phenoxy) is 1. The van der Waals surface area contributed by atoms with Gasteiger partial charge in [0.15, 0.2) is 0 Å². The molecule has 1 aromatic carbocycles. The van der Waals surface area contributed by atoms with Crippen LogP contribution >= 0.6 is 0 Å². The highest BCUT2D eigenvalue weighted by molar-refractivity contribution is 5.74. The average molecular weight is 374 g/mol. The number of benzene rings is 1. The Balaban J connectivity index is 3.07. The van der Waals surface area contributed by atoms with Gasteiger partial charge in [-0.25, -0.2) is 4.79 Å². The topological polar surface area (TPSA) is 81.4 Å². The van der Waals surface area contributed by atoms with E-state index in [1.165, 1.54) is 12.1 Å². The quantitative estimate of drug-likeness (QED) is 0.784. The predicted molar refractivity (Wildman–Crippen MR) is 91.1 cm³/mol. The molecular formula is C18H25F3N2O3. The lowest BCUT2D eigenvalue weighted by Crippen LogP contribution is -2.36. The first kappa shape index (κ1) is 21.8. The van der Waals surface area contributed by atoms with Gasteiger partial charge in [-0.05, 0) is 50.8 Å². The molecule has 26 heavy (non-hydrogen) atoms. The van der Waals surface area contributed by atoms with Crippen LogP contribution in [-0.2, 0) is 15.7 Å². The number of nitrogens with two attached hydrogens (primary N) is 1. The lowest BCUT2D eigenvalue weighted by atomic mass is 9.92. The molecule has 8 heteroatoms. The zero-order valence-electron chi connectivity index (χ0n) is 15.3. The van der Waals surface area contributed by atoms with Crippen LogP contribution in [0.5, 0.6) is 0 Å². The normalized spacial score (nSPS) is 14.4. The van der Waals surface area contributed by atoms with Crippen molar-refractivity contribution in [2.75, 3.05) is 0 Å². The summed E-state index contributed by atoms with van der Waals surface area (Å²) in [5.41, 5.74) is 3.89. The minimum Gasteiger partial charge on any atom is -0.444 e. The maximum atomic E-state index is 13.0. The predicted octanol–water partition coefficient (Wildman–Crippen LogP) is 4.17. The van der Waals surface area contributed by atoms with Gasteiger partial charge in [-0.1, -0.05) is 19.1 Å². The maximum absolute atomic E-state index is 13.0. The summed E-state index contributed by atoms with van der Waals surface area (Å²) < 4.78 is 44.1. The summed E-state index contributed by atoms with van der Waals surface area (Å²) in [4.78, 5) is 23.2. The second-order valence-corrected chi connectivity index (χ2v) is 7.33. The van der Waals surface area contributed by atoms with Crippen molar-refractivity contribution in [1.29, 1.82) is 0 Å². The summed E-state index contributed by atoms with van der Waals surface area (Å²) in [6, 6.07) is 3.97. The van der Waals surface area contributed by atoms with E-state index in [0.29, 0.717) is 0 Å². The maximum Gasteiger partial charge on any atom is 0.416 e. The van der Waals surface area contributed by atoms with Crippen LogP contribution in [0.4, 0.5) is 18.0 Å². The minimum atomic E-state index is -4.49. The van der Waals surface area contributed by atoms with E-state index < -0.39 is 35.4 Å². The summed E-state index contributed by atoms with van der Waals surface area (Å²) in [6.07, 6.45) is -4.94. The molecule has 146 valence electrons.